The molecular formula is C25H28N2O4S. The van der Waals surface area contributed by atoms with E-state index in [4.69, 9.17) is 0 Å². The van der Waals surface area contributed by atoms with Crippen molar-refractivity contribution in [3.05, 3.63) is 64.7 Å². The normalized spacial score (nSPS) is 20.5. The van der Waals surface area contributed by atoms with E-state index in [1.807, 2.05) is 4.90 Å². The van der Waals surface area contributed by atoms with Gasteiger partial charge in [0.25, 0.3) is 21.8 Å². The number of hydrogen-bond acceptors (Lipinski definition) is 4. The minimum absolute atomic E-state index is 0.0202. The molecule has 168 valence electrons. The van der Waals surface area contributed by atoms with Crippen LogP contribution < -0.4 is 0 Å². The van der Waals surface area contributed by atoms with E-state index in [2.05, 4.69) is 31.2 Å². The minimum atomic E-state index is -3.85. The fourth-order valence-corrected chi connectivity index (χ4v) is 6.62. The van der Waals surface area contributed by atoms with Crippen LogP contribution in [0.4, 0.5) is 0 Å². The molecule has 2 aromatic rings. The molecule has 5 rings (SSSR count). The monoisotopic (exact) mass is 452 g/mol. The van der Waals surface area contributed by atoms with Gasteiger partial charge in [-0.05, 0) is 75.1 Å². The molecule has 2 amide bonds. The molecule has 0 aromatic heterocycles. The number of likely N-dealkylation sites (tertiary alicyclic amines) is 1. The van der Waals surface area contributed by atoms with E-state index in [1.54, 1.807) is 6.07 Å². The second-order valence-electron chi connectivity index (χ2n) is 9.31. The topological polar surface area (TPSA) is 74.8 Å². The van der Waals surface area contributed by atoms with Crippen molar-refractivity contribution in [3.8, 4) is 0 Å². The molecule has 32 heavy (non-hydrogen) atoms. The summed E-state index contributed by atoms with van der Waals surface area (Å²) in [6.07, 6.45) is 5.49. The predicted molar refractivity (Wildman–Crippen MR) is 121 cm³/mol. The summed E-state index contributed by atoms with van der Waals surface area (Å²) in [4.78, 5) is 27.4. The molecule has 6 nitrogen and oxygen atoms in total. The van der Waals surface area contributed by atoms with Gasteiger partial charge in [0.2, 0.25) is 0 Å². The van der Waals surface area contributed by atoms with Gasteiger partial charge in [-0.2, -0.15) is 0 Å². The van der Waals surface area contributed by atoms with Crippen LogP contribution in [0.1, 0.15) is 63.9 Å². The highest BCUT2D eigenvalue weighted by atomic mass is 32.2. The number of fused-ring (bicyclic) bond motifs is 1. The van der Waals surface area contributed by atoms with Gasteiger partial charge in [-0.15, -0.1) is 0 Å². The fourth-order valence-electron chi connectivity index (χ4n) is 4.78. The zero-order valence-corrected chi connectivity index (χ0v) is 19.1. The lowest BCUT2D eigenvalue weighted by atomic mass is 9.90. The Balaban J connectivity index is 1.22. The van der Waals surface area contributed by atoms with Gasteiger partial charge in [0.05, 0.1) is 5.56 Å². The number of benzene rings is 2. The van der Waals surface area contributed by atoms with Crippen LogP contribution in [-0.4, -0.2) is 48.6 Å². The maximum atomic E-state index is 13.1. The Morgan fingerprint density at radius 3 is 2.34 bits per heavy atom. The quantitative estimate of drug-likeness (QED) is 0.692. The standard InChI is InChI=1S/C25H28N2O4S/c1-17-2-4-18(5-3-17)6-7-19-12-14-26(15-13-19)24(28)20-8-11-22-23(16-20)32(30,31)27(25(22)29)21-9-10-21/h2-5,8,11,16,19,21H,6-7,9-10,12-15H2,1H3. The Morgan fingerprint density at radius 2 is 1.69 bits per heavy atom. The smallest absolute Gasteiger partial charge is 0.269 e. The number of carbonyl (C=O) groups excluding carboxylic acids is 2. The summed E-state index contributed by atoms with van der Waals surface area (Å²) in [5, 5.41) is 0. The molecule has 0 N–H and O–H groups in total. The summed E-state index contributed by atoms with van der Waals surface area (Å²) < 4.78 is 26.7. The van der Waals surface area contributed by atoms with Crippen LogP contribution in [0, 0.1) is 12.8 Å². The molecular weight excluding hydrogens is 424 g/mol. The average molecular weight is 453 g/mol. The van der Waals surface area contributed by atoms with Crippen LogP contribution in [0.25, 0.3) is 0 Å². The maximum Gasteiger partial charge on any atom is 0.269 e. The van der Waals surface area contributed by atoms with E-state index < -0.39 is 15.9 Å². The fraction of sp³-hybridized carbons (Fsp3) is 0.440. The van der Waals surface area contributed by atoms with Crippen LogP contribution in [0.3, 0.4) is 0 Å². The van der Waals surface area contributed by atoms with Crippen LogP contribution in [-0.2, 0) is 16.4 Å². The van der Waals surface area contributed by atoms with Crippen molar-refractivity contribution in [1.29, 1.82) is 0 Å². The Bertz CT molecular complexity index is 1160. The highest BCUT2D eigenvalue weighted by Gasteiger charge is 2.49. The van der Waals surface area contributed by atoms with E-state index in [0.717, 1.165) is 30.0 Å². The summed E-state index contributed by atoms with van der Waals surface area (Å²) in [5.74, 6) is -0.0290. The SMILES string of the molecule is Cc1ccc(CCC2CCN(C(=O)c3ccc4c(c3)S(=O)(=O)N(C3CC3)C4=O)CC2)cc1. The van der Waals surface area contributed by atoms with E-state index in [9.17, 15) is 18.0 Å². The first-order valence-electron chi connectivity index (χ1n) is 11.4. The second kappa shape index (κ2) is 8.03. The molecule has 0 atom stereocenters. The first kappa shape index (κ1) is 21.2. The third-order valence-electron chi connectivity index (χ3n) is 6.94. The molecule has 0 unspecified atom stereocenters. The first-order chi connectivity index (χ1) is 15.3. The molecule has 3 aliphatic rings. The molecule has 1 saturated heterocycles. The molecule has 2 heterocycles. The maximum absolute atomic E-state index is 13.1. The molecule has 7 heteroatoms. The number of rotatable bonds is 5. The second-order valence-corrected chi connectivity index (χ2v) is 11.1. The Morgan fingerprint density at radius 1 is 1.00 bits per heavy atom. The van der Waals surface area contributed by atoms with Gasteiger partial charge < -0.3 is 4.90 Å². The van der Waals surface area contributed by atoms with Crippen molar-refractivity contribution in [1.82, 2.24) is 9.21 Å². The lowest BCUT2D eigenvalue weighted by molar-refractivity contribution is 0.0686. The Hall–Kier alpha value is -2.67. The van der Waals surface area contributed by atoms with Crippen LogP contribution >= 0.6 is 0 Å². The molecule has 0 radical (unpaired) electrons. The largest absolute Gasteiger partial charge is 0.339 e. The van der Waals surface area contributed by atoms with Gasteiger partial charge in [0.1, 0.15) is 4.90 Å². The molecule has 2 aromatic carbocycles. The van der Waals surface area contributed by atoms with E-state index >= 15 is 0 Å². The number of sulfonamides is 1. The van der Waals surface area contributed by atoms with Gasteiger partial charge in [-0.1, -0.05) is 29.8 Å². The Labute approximate surface area is 189 Å². The Kier molecular flexibility index (Phi) is 5.32. The van der Waals surface area contributed by atoms with Crippen LogP contribution in [0.2, 0.25) is 0 Å². The minimum Gasteiger partial charge on any atom is -0.339 e. The van der Waals surface area contributed by atoms with E-state index in [-0.39, 0.29) is 22.4 Å². The summed E-state index contributed by atoms with van der Waals surface area (Å²) in [5.41, 5.74) is 3.15. The van der Waals surface area contributed by atoms with Crippen LogP contribution in [0.15, 0.2) is 47.4 Å². The van der Waals surface area contributed by atoms with Crippen molar-refractivity contribution >= 4 is 21.8 Å². The zero-order chi connectivity index (χ0) is 22.5. The van der Waals surface area contributed by atoms with Crippen molar-refractivity contribution in [2.24, 2.45) is 5.92 Å². The van der Waals surface area contributed by atoms with Gasteiger partial charge in [0.15, 0.2) is 0 Å². The molecule has 2 aliphatic heterocycles. The van der Waals surface area contributed by atoms with Gasteiger partial charge in [0, 0.05) is 24.7 Å². The molecule has 1 aliphatic carbocycles. The van der Waals surface area contributed by atoms with Gasteiger partial charge in [-0.3, -0.25) is 9.59 Å². The van der Waals surface area contributed by atoms with Gasteiger partial charge in [-0.25, -0.2) is 12.7 Å². The van der Waals surface area contributed by atoms with Crippen molar-refractivity contribution in [2.45, 2.75) is 56.4 Å². The number of amides is 2. The van der Waals surface area contributed by atoms with E-state index in [0.29, 0.717) is 37.4 Å². The summed E-state index contributed by atoms with van der Waals surface area (Å²) in [6, 6.07) is 12.9. The molecule has 1 saturated carbocycles. The van der Waals surface area contributed by atoms with Crippen LogP contribution in [0.5, 0.6) is 0 Å². The average Bonchev–Trinajstić information content (AvgIpc) is 3.60. The summed E-state index contributed by atoms with van der Waals surface area (Å²) in [6.45, 7) is 3.44. The third kappa shape index (κ3) is 3.83. The number of nitrogens with zero attached hydrogens (tertiary/aromatic N) is 2. The van der Waals surface area contributed by atoms with Crippen molar-refractivity contribution < 1.29 is 18.0 Å². The summed E-state index contributed by atoms with van der Waals surface area (Å²) >= 11 is 0. The zero-order valence-electron chi connectivity index (χ0n) is 18.3. The van der Waals surface area contributed by atoms with Gasteiger partial charge >= 0.3 is 0 Å². The highest BCUT2D eigenvalue weighted by molar-refractivity contribution is 7.90. The number of piperidine rings is 1. The molecule has 2 fully saturated rings. The predicted octanol–water partition coefficient (Wildman–Crippen LogP) is 3.79. The first-order valence-corrected chi connectivity index (χ1v) is 12.9. The number of carbonyl (C=O) groups is 2. The number of hydrogen-bond donors (Lipinski definition) is 0. The third-order valence-corrected chi connectivity index (χ3v) is 8.81. The summed E-state index contributed by atoms with van der Waals surface area (Å²) in [7, 11) is -3.85. The molecule has 0 spiro atoms. The number of aryl methyl sites for hydroxylation is 2. The lowest BCUT2D eigenvalue weighted by Gasteiger charge is -2.32. The molecule has 0 bridgehead atoms. The van der Waals surface area contributed by atoms with Crippen molar-refractivity contribution in [2.75, 3.05) is 13.1 Å². The van der Waals surface area contributed by atoms with E-state index in [1.165, 1.54) is 23.3 Å². The van der Waals surface area contributed by atoms with Crippen molar-refractivity contribution in [3.63, 3.8) is 0 Å². The lowest BCUT2D eigenvalue weighted by Crippen LogP contribution is -2.38. The highest BCUT2D eigenvalue weighted by Crippen LogP contribution is 2.39.